The van der Waals surface area contributed by atoms with Crippen molar-refractivity contribution in [1.29, 1.82) is 0 Å². The van der Waals surface area contributed by atoms with Crippen molar-refractivity contribution in [3.05, 3.63) is 34.9 Å². The van der Waals surface area contributed by atoms with Crippen LogP contribution in [-0.4, -0.2) is 60.8 Å². The van der Waals surface area contributed by atoms with E-state index in [-0.39, 0.29) is 12.1 Å². The van der Waals surface area contributed by atoms with Gasteiger partial charge in [0, 0.05) is 17.6 Å². The third kappa shape index (κ3) is 4.18. The van der Waals surface area contributed by atoms with Gasteiger partial charge in [-0.15, -0.1) is 0 Å². The van der Waals surface area contributed by atoms with Crippen LogP contribution in [0.15, 0.2) is 24.3 Å². The summed E-state index contributed by atoms with van der Waals surface area (Å²) in [5.74, 6) is 0. The van der Waals surface area contributed by atoms with Gasteiger partial charge in [-0.1, -0.05) is 23.7 Å². The maximum absolute atomic E-state index is 10.5. The van der Waals surface area contributed by atoms with E-state index in [1.807, 2.05) is 24.3 Å². The van der Waals surface area contributed by atoms with Gasteiger partial charge in [-0.25, -0.2) is 0 Å². The summed E-state index contributed by atoms with van der Waals surface area (Å²) in [6.07, 6.45) is 1.50. The minimum absolute atomic E-state index is 0.197. The Hall–Kier alpha value is -0.610. The average Bonchev–Trinajstić information content (AvgIpc) is 2.54. The number of halogens is 1. The molecule has 19 heavy (non-hydrogen) atoms. The highest BCUT2D eigenvalue weighted by molar-refractivity contribution is 6.30. The number of nitrogens with zero attached hydrogens (tertiary/aromatic N) is 2. The summed E-state index contributed by atoms with van der Waals surface area (Å²) in [5.41, 5.74) is 1.14. The van der Waals surface area contributed by atoms with Crippen molar-refractivity contribution < 1.29 is 5.11 Å². The first-order valence-corrected chi connectivity index (χ1v) is 7.25. The second-order valence-corrected chi connectivity index (χ2v) is 6.00. The molecular formula is C15H23ClN2O. The van der Waals surface area contributed by atoms with Crippen LogP contribution in [0.2, 0.25) is 5.02 Å². The average molecular weight is 283 g/mol. The second kappa shape index (κ2) is 6.71. The zero-order chi connectivity index (χ0) is 13.8. The molecule has 1 aliphatic rings. The normalized spacial score (nSPS) is 24.1. The van der Waals surface area contributed by atoms with Gasteiger partial charge in [-0.05, 0) is 57.7 Å². The number of hydrogen-bond donors (Lipinski definition) is 1. The molecule has 3 nitrogen and oxygen atoms in total. The first-order valence-electron chi connectivity index (χ1n) is 6.87. The summed E-state index contributed by atoms with van der Waals surface area (Å²) in [7, 11) is 4.23. The summed E-state index contributed by atoms with van der Waals surface area (Å²) >= 11 is 5.88. The molecule has 0 aliphatic carbocycles. The van der Waals surface area contributed by atoms with Crippen molar-refractivity contribution in [2.24, 2.45) is 0 Å². The van der Waals surface area contributed by atoms with Crippen LogP contribution in [0.25, 0.3) is 0 Å². The quantitative estimate of drug-likeness (QED) is 0.917. The molecule has 106 valence electrons. The molecule has 0 amide bonds. The van der Waals surface area contributed by atoms with Crippen molar-refractivity contribution in [1.82, 2.24) is 9.80 Å². The summed E-state index contributed by atoms with van der Waals surface area (Å²) in [5, 5.41) is 11.2. The molecule has 2 rings (SSSR count). The van der Waals surface area contributed by atoms with E-state index in [4.69, 9.17) is 11.6 Å². The fourth-order valence-electron chi connectivity index (χ4n) is 2.72. The Morgan fingerprint density at radius 3 is 2.63 bits per heavy atom. The van der Waals surface area contributed by atoms with E-state index in [9.17, 15) is 5.11 Å². The topological polar surface area (TPSA) is 26.7 Å². The van der Waals surface area contributed by atoms with Gasteiger partial charge in [-0.2, -0.15) is 0 Å². The molecule has 2 atom stereocenters. The molecule has 1 aromatic rings. The maximum atomic E-state index is 10.5. The molecule has 1 fully saturated rings. The van der Waals surface area contributed by atoms with E-state index in [0.29, 0.717) is 6.42 Å². The number of aliphatic hydroxyl groups is 1. The molecule has 0 bridgehead atoms. The summed E-state index contributed by atoms with van der Waals surface area (Å²) in [6.45, 7) is 3.08. The fourth-order valence-corrected chi connectivity index (χ4v) is 2.85. The first-order chi connectivity index (χ1) is 9.06. The summed E-state index contributed by atoms with van der Waals surface area (Å²) in [4.78, 5) is 4.59. The van der Waals surface area contributed by atoms with Crippen molar-refractivity contribution in [2.75, 3.05) is 33.7 Å². The van der Waals surface area contributed by atoms with Crippen molar-refractivity contribution >= 4 is 11.6 Å². The van der Waals surface area contributed by atoms with E-state index in [1.165, 1.54) is 0 Å². The Kier molecular flexibility index (Phi) is 5.22. The van der Waals surface area contributed by atoms with Crippen molar-refractivity contribution in [3.63, 3.8) is 0 Å². The molecule has 0 aromatic heterocycles. The molecule has 0 spiro atoms. The lowest BCUT2D eigenvalue weighted by atomic mass is 10.0. The molecule has 0 radical (unpaired) electrons. The van der Waals surface area contributed by atoms with Gasteiger partial charge in [0.15, 0.2) is 0 Å². The van der Waals surface area contributed by atoms with E-state index in [0.717, 1.165) is 36.6 Å². The van der Waals surface area contributed by atoms with Crippen LogP contribution in [0.3, 0.4) is 0 Å². The number of rotatable bonds is 3. The van der Waals surface area contributed by atoms with Crippen LogP contribution in [0.4, 0.5) is 0 Å². The second-order valence-electron chi connectivity index (χ2n) is 5.56. The molecule has 0 saturated carbocycles. The van der Waals surface area contributed by atoms with Gasteiger partial charge in [0.25, 0.3) is 0 Å². The van der Waals surface area contributed by atoms with Gasteiger partial charge < -0.3 is 10.0 Å². The third-order valence-corrected chi connectivity index (χ3v) is 4.17. The molecule has 1 aromatic carbocycles. The minimum Gasteiger partial charge on any atom is -0.391 e. The zero-order valence-corrected chi connectivity index (χ0v) is 12.5. The highest BCUT2D eigenvalue weighted by Gasteiger charge is 2.27. The summed E-state index contributed by atoms with van der Waals surface area (Å²) < 4.78 is 0. The number of benzene rings is 1. The molecule has 4 heteroatoms. The SMILES string of the molecule is CN1CCCN(C)C(C(O)Cc2ccc(Cl)cc2)C1. The van der Waals surface area contributed by atoms with Crippen LogP contribution in [-0.2, 0) is 6.42 Å². The van der Waals surface area contributed by atoms with E-state index >= 15 is 0 Å². The highest BCUT2D eigenvalue weighted by atomic mass is 35.5. The molecular weight excluding hydrogens is 260 g/mol. The van der Waals surface area contributed by atoms with Crippen LogP contribution in [0, 0.1) is 0 Å². The van der Waals surface area contributed by atoms with E-state index in [1.54, 1.807) is 0 Å². The Balaban J connectivity index is 2.00. The molecule has 1 heterocycles. The van der Waals surface area contributed by atoms with Crippen LogP contribution < -0.4 is 0 Å². The maximum Gasteiger partial charge on any atom is 0.0747 e. The highest BCUT2D eigenvalue weighted by Crippen LogP contribution is 2.16. The van der Waals surface area contributed by atoms with Gasteiger partial charge in [-0.3, -0.25) is 4.90 Å². The van der Waals surface area contributed by atoms with Gasteiger partial charge in [0.2, 0.25) is 0 Å². The van der Waals surface area contributed by atoms with E-state index < -0.39 is 0 Å². The number of aliphatic hydroxyl groups excluding tert-OH is 1. The van der Waals surface area contributed by atoms with Gasteiger partial charge >= 0.3 is 0 Å². The van der Waals surface area contributed by atoms with Crippen LogP contribution in [0.1, 0.15) is 12.0 Å². The lowest BCUT2D eigenvalue weighted by Gasteiger charge is -2.31. The van der Waals surface area contributed by atoms with Gasteiger partial charge in [0.1, 0.15) is 0 Å². The third-order valence-electron chi connectivity index (χ3n) is 3.92. The van der Waals surface area contributed by atoms with E-state index in [2.05, 4.69) is 23.9 Å². The predicted molar refractivity (Wildman–Crippen MR) is 79.7 cm³/mol. The molecule has 2 unspecified atom stereocenters. The Labute approximate surface area is 120 Å². The lowest BCUT2D eigenvalue weighted by Crippen LogP contribution is -2.46. The fraction of sp³-hybridized carbons (Fsp3) is 0.600. The number of likely N-dealkylation sites (N-methyl/N-ethyl adjacent to an activating group) is 2. The standard InChI is InChI=1S/C15H23ClN2O/c1-17-8-3-9-18(2)14(11-17)15(19)10-12-4-6-13(16)7-5-12/h4-7,14-15,19H,3,8-11H2,1-2H3. The minimum atomic E-state index is -0.341. The van der Waals surface area contributed by atoms with Crippen molar-refractivity contribution in [3.8, 4) is 0 Å². The Bertz CT molecular complexity index is 396. The summed E-state index contributed by atoms with van der Waals surface area (Å²) in [6, 6.07) is 7.94. The molecule has 1 saturated heterocycles. The Morgan fingerprint density at radius 2 is 1.95 bits per heavy atom. The van der Waals surface area contributed by atoms with Gasteiger partial charge in [0.05, 0.1) is 6.10 Å². The smallest absolute Gasteiger partial charge is 0.0747 e. The first kappa shape index (κ1) is 14.8. The zero-order valence-electron chi connectivity index (χ0n) is 11.7. The molecule has 1 aliphatic heterocycles. The van der Waals surface area contributed by atoms with Crippen molar-refractivity contribution in [2.45, 2.75) is 25.0 Å². The lowest BCUT2D eigenvalue weighted by molar-refractivity contribution is 0.0581. The van der Waals surface area contributed by atoms with Crippen LogP contribution >= 0.6 is 11.6 Å². The number of hydrogen-bond acceptors (Lipinski definition) is 3. The van der Waals surface area contributed by atoms with Crippen LogP contribution in [0.5, 0.6) is 0 Å². The largest absolute Gasteiger partial charge is 0.391 e. The molecule has 1 N–H and O–H groups in total. The predicted octanol–water partition coefficient (Wildman–Crippen LogP) is 1.88. The monoisotopic (exact) mass is 282 g/mol. The Morgan fingerprint density at radius 1 is 1.26 bits per heavy atom.